The van der Waals surface area contributed by atoms with E-state index in [9.17, 15) is 4.79 Å². The van der Waals surface area contributed by atoms with Gasteiger partial charge in [-0.1, -0.05) is 11.3 Å². The molecule has 3 aromatic rings. The lowest BCUT2D eigenvalue weighted by molar-refractivity contribution is 0.0827. The maximum atomic E-state index is 12.2. The first-order valence-corrected chi connectivity index (χ1v) is 9.46. The smallest absolute Gasteiger partial charge is 0.282 e. The Hall–Kier alpha value is -2.74. The van der Waals surface area contributed by atoms with E-state index in [-0.39, 0.29) is 12.0 Å². The van der Waals surface area contributed by atoms with Gasteiger partial charge in [-0.3, -0.25) is 4.79 Å². The molecule has 0 fully saturated rings. The van der Waals surface area contributed by atoms with Gasteiger partial charge in [-0.15, -0.1) is 0 Å². The van der Waals surface area contributed by atoms with Crippen molar-refractivity contribution in [1.29, 1.82) is 0 Å². The van der Waals surface area contributed by atoms with E-state index in [1.165, 1.54) is 22.6 Å². The number of carbonyl (C=O) groups is 1. The van der Waals surface area contributed by atoms with Crippen molar-refractivity contribution in [2.45, 2.75) is 33.8 Å². The Kier molecular flexibility index (Phi) is 5.27. The van der Waals surface area contributed by atoms with Crippen molar-refractivity contribution in [2.24, 2.45) is 0 Å². The Labute approximate surface area is 162 Å². The molecule has 0 bridgehead atoms. The fourth-order valence-electron chi connectivity index (χ4n) is 2.49. The lowest BCUT2D eigenvalue weighted by Crippen LogP contribution is -2.21. The average molecular weight is 385 g/mol. The summed E-state index contributed by atoms with van der Waals surface area (Å²) >= 11 is 1.25. The summed E-state index contributed by atoms with van der Waals surface area (Å²) in [5.41, 5.74) is 3.67. The van der Waals surface area contributed by atoms with Crippen molar-refractivity contribution in [1.82, 2.24) is 19.9 Å². The number of rotatable bonds is 5. The molecule has 1 N–H and O–H groups in total. The Morgan fingerprint density at radius 3 is 2.56 bits per heavy atom. The zero-order chi connectivity index (χ0) is 19.7. The minimum atomic E-state index is -0.154. The van der Waals surface area contributed by atoms with Crippen LogP contribution in [0.15, 0.2) is 18.5 Å². The molecular formula is C19H23N5O2S. The number of nitrogens with zero attached hydrogens (tertiary/aromatic N) is 4. The van der Waals surface area contributed by atoms with Crippen LogP contribution in [0.4, 0.5) is 11.5 Å². The lowest BCUT2D eigenvalue weighted by atomic mass is 10.1. The van der Waals surface area contributed by atoms with E-state index in [4.69, 9.17) is 4.74 Å². The van der Waals surface area contributed by atoms with Crippen LogP contribution in [0.3, 0.4) is 0 Å². The molecule has 0 aliphatic heterocycles. The minimum absolute atomic E-state index is 0.0432. The first kappa shape index (κ1) is 19.0. The van der Waals surface area contributed by atoms with Crippen molar-refractivity contribution in [3.05, 3.63) is 34.6 Å². The summed E-state index contributed by atoms with van der Waals surface area (Å²) in [7, 11) is 3.40. The number of fused-ring (bicyclic) bond motifs is 1. The van der Waals surface area contributed by atoms with Gasteiger partial charge in [0.05, 0.1) is 11.8 Å². The molecule has 0 unspecified atom stereocenters. The first-order chi connectivity index (χ1) is 12.8. The normalized spacial score (nSPS) is 11.1. The highest BCUT2D eigenvalue weighted by atomic mass is 32.1. The van der Waals surface area contributed by atoms with Gasteiger partial charge in [-0.25, -0.2) is 15.0 Å². The zero-order valence-corrected chi connectivity index (χ0v) is 17.1. The molecule has 0 saturated heterocycles. The number of hydrogen-bond donors (Lipinski definition) is 1. The number of aromatic nitrogens is 3. The van der Waals surface area contributed by atoms with E-state index in [0.717, 1.165) is 22.6 Å². The number of anilines is 2. The van der Waals surface area contributed by atoms with Crippen molar-refractivity contribution >= 4 is 39.1 Å². The van der Waals surface area contributed by atoms with Crippen LogP contribution in [0.1, 0.15) is 34.8 Å². The molecule has 7 nitrogen and oxygen atoms in total. The average Bonchev–Trinajstić information content (AvgIpc) is 3.03. The number of hydrogen-bond acceptors (Lipinski definition) is 7. The van der Waals surface area contributed by atoms with Gasteiger partial charge in [0.25, 0.3) is 5.91 Å². The van der Waals surface area contributed by atoms with Crippen molar-refractivity contribution in [3.8, 4) is 5.75 Å². The van der Waals surface area contributed by atoms with Crippen molar-refractivity contribution in [2.75, 3.05) is 19.4 Å². The summed E-state index contributed by atoms with van der Waals surface area (Å²) in [6.07, 6.45) is 1.51. The zero-order valence-electron chi connectivity index (χ0n) is 16.3. The Morgan fingerprint density at radius 1 is 1.19 bits per heavy atom. The molecule has 2 heterocycles. The second-order valence-corrected chi connectivity index (χ2v) is 7.80. The molecule has 0 aliphatic carbocycles. The number of thiazole rings is 1. The molecule has 0 spiro atoms. The quantitative estimate of drug-likeness (QED) is 0.717. The third kappa shape index (κ3) is 4.00. The number of nitrogens with one attached hydrogen (secondary N) is 1. The molecule has 0 radical (unpaired) electrons. The molecule has 0 saturated carbocycles. The number of benzene rings is 1. The van der Waals surface area contributed by atoms with Gasteiger partial charge in [0.1, 0.15) is 22.4 Å². The molecular weight excluding hydrogens is 362 g/mol. The van der Waals surface area contributed by atoms with Gasteiger partial charge >= 0.3 is 0 Å². The van der Waals surface area contributed by atoms with Crippen LogP contribution in [0.2, 0.25) is 0 Å². The van der Waals surface area contributed by atoms with E-state index in [0.29, 0.717) is 21.2 Å². The third-order valence-corrected chi connectivity index (χ3v) is 4.95. The summed E-state index contributed by atoms with van der Waals surface area (Å²) in [4.78, 5) is 27.4. The van der Waals surface area contributed by atoms with Crippen LogP contribution < -0.4 is 10.1 Å². The van der Waals surface area contributed by atoms with Crippen LogP contribution in [0, 0.1) is 13.8 Å². The SMILES string of the molecule is Cc1cc(Nc2ncnc3sc(C(=O)N(C)C)nc23)c(OC(C)C)cc1C. The molecule has 27 heavy (non-hydrogen) atoms. The predicted octanol–water partition coefficient (Wildman–Crippen LogP) is 3.94. The van der Waals surface area contributed by atoms with Gasteiger partial charge in [-0.2, -0.15) is 0 Å². The third-order valence-electron chi connectivity index (χ3n) is 4.00. The molecule has 0 aliphatic rings. The minimum Gasteiger partial charge on any atom is -0.489 e. The van der Waals surface area contributed by atoms with Gasteiger partial charge in [0.15, 0.2) is 10.8 Å². The predicted molar refractivity (Wildman–Crippen MR) is 108 cm³/mol. The van der Waals surface area contributed by atoms with Crippen LogP contribution in [0.25, 0.3) is 10.3 Å². The largest absolute Gasteiger partial charge is 0.489 e. The van der Waals surface area contributed by atoms with Gasteiger partial charge in [-0.05, 0) is 51.0 Å². The maximum absolute atomic E-state index is 12.2. The highest BCUT2D eigenvalue weighted by Crippen LogP contribution is 2.34. The Balaban J connectivity index is 2.04. The van der Waals surface area contributed by atoms with E-state index < -0.39 is 0 Å². The second-order valence-electron chi connectivity index (χ2n) is 6.82. The highest BCUT2D eigenvalue weighted by molar-refractivity contribution is 7.19. The lowest BCUT2D eigenvalue weighted by Gasteiger charge is -2.17. The summed E-state index contributed by atoms with van der Waals surface area (Å²) in [6.45, 7) is 8.07. The van der Waals surface area contributed by atoms with E-state index >= 15 is 0 Å². The second kappa shape index (κ2) is 7.48. The molecule has 0 atom stereocenters. The Bertz CT molecular complexity index is 997. The summed E-state index contributed by atoms with van der Waals surface area (Å²) in [5, 5.41) is 3.70. The fraction of sp³-hybridized carbons (Fsp3) is 0.368. The van der Waals surface area contributed by atoms with E-state index in [1.807, 2.05) is 32.9 Å². The Morgan fingerprint density at radius 2 is 1.89 bits per heavy atom. The fourth-order valence-corrected chi connectivity index (χ4v) is 3.42. The van der Waals surface area contributed by atoms with E-state index in [2.05, 4.69) is 27.2 Å². The number of carbonyl (C=O) groups excluding carboxylic acids is 1. The van der Waals surface area contributed by atoms with E-state index in [1.54, 1.807) is 14.1 Å². The monoisotopic (exact) mass is 385 g/mol. The van der Waals surface area contributed by atoms with Crippen LogP contribution in [0.5, 0.6) is 5.75 Å². The summed E-state index contributed by atoms with van der Waals surface area (Å²) in [6, 6.07) is 4.04. The van der Waals surface area contributed by atoms with Crippen molar-refractivity contribution in [3.63, 3.8) is 0 Å². The maximum Gasteiger partial charge on any atom is 0.282 e. The topological polar surface area (TPSA) is 80.2 Å². The molecule has 142 valence electrons. The summed E-state index contributed by atoms with van der Waals surface area (Å²) < 4.78 is 5.96. The summed E-state index contributed by atoms with van der Waals surface area (Å²) in [5.74, 6) is 1.14. The van der Waals surface area contributed by atoms with Crippen LogP contribution >= 0.6 is 11.3 Å². The highest BCUT2D eigenvalue weighted by Gasteiger charge is 2.18. The molecule has 1 aromatic carbocycles. The van der Waals surface area contributed by atoms with Gasteiger partial charge in [0.2, 0.25) is 0 Å². The number of amides is 1. The number of aryl methyl sites for hydroxylation is 2. The number of ether oxygens (including phenoxy) is 1. The van der Waals surface area contributed by atoms with Crippen LogP contribution in [-0.4, -0.2) is 46.0 Å². The molecule has 2 aromatic heterocycles. The first-order valence-electron chi connectivity index (χ1n) is 8.64. The standard InChI is InChI=1S/C19H23N5O2S/c1-10(2)26-14-8-12(4)11(3)7-13(14)22-16-15-17(21-9-20-16)27-18(23-15)19(25)24(5)6/h7-10H,1-6H3,(H,20,21,22). The molecule has 1 amide bonds. The molecule has 3 rings (SSSR count). The van der Waals surface area contributed by atoms with Gasteiger partial charge < -0.3 is 15.0 Å². The molecule has 8 heteroatoms. The van der Waals surface area contributed by atoms with Crippen LogP contribution in [-0.2, 0) is 0 Å². The van der Waals surface area contributed by atoms with Crippen molar-refractivity contribution < 1.29 is 9.53 Å². The van der Waals surface area contributed by atoms with Gasteiger partial charge in [0, 0.05) is 14.1 Å².